The van der Waals surface area contributed by atoms with Gasteiger partial charge in [-0.1, -0.05) is 115 Å². The van der Waals surface area contributed by atoms with Crippen molar-refractivity contribution in [3.8, 4) is 11.1 Å². The molecule has 2 heterocycles. The minimum Gasteiger partial charge on any atom is -0.456 e. The molecule has 3 nitrogen and oxygen atoms in total. The quantitative estimate of drug-likeness (QED) is 0.201. The molecule has 0 aliphatic heterocycles. The third kappa shape index (κ3) is 4.00. The first kappa shape index (κ1) is 26.0. The molecule has 47 heavy (non-hydrogen) atoms. The van der Waals surface area contributed by atoms with Gasteiger partial charge in [-0.3, -0.25) is 0 Å². The summed E-state index contributed by atoms with van der Waals surface area (Å²) in [7, 11) is 0. The van der Waals surface area contributed by atoms with E-state index < -0.39 is 0 Å². The van der Waals surface area contributed by atoms with Crippen molar-refractivity contribution >= 4 is 82.5 Å². The second-order valence-corrected chi connectivity index (χ2v) is 12.1. The van der Waals surface area contributed by atoms with Crippen LogP contribution in [0.2, 0.25) is 0 Å². The maximum Gasteiger partial charge on any atom is 0.159 e. The summed E-state index contributed by atoms with van der Waals surface area (Å²) in [6, 6.07) is 57.7. The van der Waals surface area contributed by atoms with E-state index in [1.165, 1.54) is 27.1 Å². The van der Waals surface area contributed by atoms with E-state index in [1.807, 2.05) is 12.1 Å². The van der Waals surface area contributed by atoms with Crippen LogP contribution in [0.15, 0.2) is 173 Å². The number of nitrogens with zero attached hydrogens (tertiary/aromatic N) is 1. The van der Waals surface area contributed by atoms with Crippen LogP contribution in [0.3, 0.4) is 0 Å². The zero-order valence-electron chi connectivity index (χ0n) is 25.4. The van der Waals surface area contributed by atoms with Crippen LogP contribution < -0.4 is 4.90 Å². The van der Waals surface area contributed by atoms with Crippen LogP contribution >= 0.6 is 0 Å². The average molecular weight is 602 g/mol. The summed E-state index contributed by atoms with van der Waals surface area (Å²) in [6.07, 6.45) is 0. The number of anilines is 3. The SMILES string of the molecule is c1ccc(-c2cc3oc4c(N(c5ccc6ccccc6c5)c5ccc6c(c5)oc5ccccc56)cccc4c3c3ccccc23)cc1. The van der Waals surface area contributed by atoms with Gasteiger partial charge < -0.3 is 13.7 Å². The van der Waals surface area contributed by atoms with Gasteiger partial charge in [0.2, 0.25) is 0 Å². The minimum absolute atomic E-state index is 0.843. The van der Waals surface area contributed by atoms with Gasteiger partial charge in [-0.05, 0) is 75.1 Å². The average Bonchev–Trinajstić information content (AvgIpc) is 3.70. The lowest BCUT2D eigenvalue weighted by molar-refractivity contribution is 0.667. The van der Waals surface area contributed by atoms with E-state index >= 15 is 0 Å². The molecule has 0 saturated heterocycles. The summed E-state index contributed by atoms with van der Waals surface area (Å²) in [5, 5.41) is 9.20. The lowest BCUT2D eigenvalue weighted by Crippen LogP contribution is -2.10. The van der Waals surface area contributed by atoms with Gasteiger partial charge in [0.05, 0.1) is 11.4 Å². The monoisotopic (exact) mass is 601 g/mol. The van der Waals surface area contributed by atoms with Gasteiger partial charge in [-0.15, -0.1) is 0 Å². The van der Waals surface area contributed by atoms with E-state index in [0.717, 1.165) is 66.5 Å². The van der Waals surface area contributed by atoms with Crippen LogP contribution in [-0.2, 0) is 0 Å². The third-order valence-electron chi connectivity index (χ3n) is 9.42. The first-order chi connectivity index (χ1) is 23.3. The van der Waals surface area contributed by atoms with Crippen molar-refractivity contribution in [1.82, 2.24) is 0 Å². The molecule has 0 amide bonds. The maximum absolute atomic E-state index is 6.94. The van der Waals surface area contributed by atoms with E-state index in [4.69, 9.17) is 8.83 Å². The smallest absolute Gasteiger partial charge is 0.159 e. The van der Waals surface area contributed by atoms with Gasteiger partial charge in [0.15, 0.2) is 5.58 Å². The molecule has 10 aromatic rings. The number of para-hydroxylation sites is 2. The molecule has 0 saturated carbocycles. The Morgan fingerprint density at radius 1 is 0.383 bits per heavy atom. The normalized spacial score (nSPS) is 11.8. The van der Waals surface area contributed by atoms with Crippen molar-refractivity contribution < 1.29 is 8.83 Å². The number of hydrogen-bond acceptors (Lipinski definition) is 3. The van der Waals surface area contributed by atoms with Crippen molar-refractivity contribution in [2.45, 2.75) is 0 Å². The fourth-order valence-electron chi connectivity index (χ4n) is 7.28. The van der Waals surface area contributed by atoms with E-state index in [-0.39, 0.29) is 0 Å². The molecule has 0 bridgehead atoms. The number of fused-ring (bicyclic) bond motifs is 9. The number of hydrogen-bond donors (Lipinski definition) is 0. The highest BCUT2D eigenvalue weighted by Crippen LogP contribution is 2.46. The second kappa shape index (κ2) is 10.1. The zero-order chi connectivity index (χ0) is 30.9. The Labute approximate surface area is 270 Å². The number of furan rings is 2. The van der Waals surface area contributed by atoms with Crippen LogP contribution in [0.4, 0.5) is 17.1 Å². The lowest BCUT2D eigenvalue weighted by atomic mass is 9.95. The molecule has 8 aromatic carbocycles. The Morgan fingerprint density at radius 2 is 1.06 bits per heavy atom. The highest BCUT2D eigenvalue weighted by molar-refractivity contribution is 6.23. The molecular formula is C44H27NO2. The minimum atomic E-state index is 0.843. The summed E-state index contributed by atoms with van der Waals surface area (Å²) in [4.78, 5) is 2.30. The van der Waals surface area contributed by atoms with Gasteiger partial charge in [0.1, 0.15) is 16.7 Å². The van der Waals surface area contributed by atoms with Crippen molar-refractivity contribution in [2.75, 3.05) is 4.90 Å². The van der Waals surface area contributed by atoms with Crippen molar-refractivity contribution in [3.63, 3.8) is 0 Å². The van der Waals surface area contributed by atoms with E-state index in [0.29, 0.717) is 0 Å². The molecule has 0 fully saturated rings. The summed E-state index contributed by atoms with van der Waals surface area (Å²) in [6.45, 7) is 0. The zero-order valence-corrected chi connectivity index (χ0v) is 25.4. The Hall–Kier alpha value is -6.32. The topological polar surface area (TPSA) is 29.5 Å². The van der Waals surface area contributed by atoms with Crippen molar-refractivity contribution in [1.29, 1.82) is 0 Å². The molecule has 0 unspecified atom stereocenters. The highest BCUT2D eigenvalue weighted by Gasteiger charge is 2.22. The van der Waals surface area contributed by atoms with Gasteiger partial charge in [-0.2, -0.15) is 0 Å². The van der Waals surface area contributed by atoms with Gasteiger partial charge in [0, 0.05) is 33.3 Å². The molecule has 3 heteroatoms. The van der Waals surface area contributed by atoms with Crippen molar-refractivity contribution in [2.24, 2.45) is 0 Å². The molecule has 0 radical (unpaired) electrons. The standard InChI is InChI=1S/C44H27NO2/c1-2-12-29(13-3-1)38-27-42-43(36-17-7-6-15-33(36)38)37-18-10-19-39(44(37)47-42)45(31-22-21-28-11-4-5-14-30(28)25-31)32-23-24-35-34-16-8-9-20-40(34)46-41(35)26-32/h1-27H. The van der Waals surface area contributed by atoms with Crippen LogP contribution in [0.5, 0.6) is 0 Å². The van der Waals surface area contributed by atoms with E-state index in [9.17, 15) is 0 Å². The van der Waals surface area contributed by atoms with E-state index in [2.05, 4.69) is 157 Å². The molecule has 0 N–H and O–H groups in total. The lowest BCUT2D eigenvalue weighted by Gasteiger charge is -2.26. The second-order valence-electron chi connectivity index (χ2n) is 12.1. The number of benzene rings is 8. The highest BCUT2D eigenvalue weighted by atomic mass is 16.3. The molecule has 0 atom stereocenters. The molecule has 10 rings (SSSR count). The first-order valence-electron chi connectivity index (χ1n) is 15.9. The van der Waals surface area contributed by atoms with Crippen molar-refractivity contribution in [3.05, 3.63) is 164 Å². The van der Waals surface area contributed by atoms with Crippen LogP contribution in [0, 0.1) is 0 Å². The fourth-order valence-corrected chi connectivity index (χ4v) is 7.28. The Bertz CT molecular complexity index is 2810. The van der Waals surface area contributed by atoms with Gasteiger partial charge in [-0.25, -0.2) is 0 Å². The third-order valence-corrected chi connectivity index (χ3v) is 9.42. The molecule has 0 aliphatic rings. The molecule has 2 aromatic heterocycles. The molecular weight excluding hydrogens is 574 g/mol. The summed E-state index contributed by atoms with van der Waals surface area (Å²) < 4.78 is 13.3. The Morgan fingerprint density at radius 3 is 1.96 bits per heavy atom. The van der Waals surface area contributed by atoms with Gasteiger partial charge in [0.25, 0.3) is 0 Å². The summed E-state index contributed by atoms with van der Waals surface area (Å²) in [5.74, 6) is 0. The predicted molar refractivity (Wildman–Crippen MR) is 196 cm³/mol. The summed E-state index contributed by atoms with van der Waals surface area (Å²) >= 11 is 0. The predicted octanol–water partition coefficient (Wildman–Crippen LogP) is 12.9. The van der Waals surface area contributed by atoms with Crippen LogP contribution in [0.1, 0.15) is 0 Å². The van der Waals surface area contributed by atoms with Crippen LogP contribution in [0.25, 0.3) is 76.5 Å². The largest absolute Gasteiger partial charge is 0.456 e. The molecule has 0 aliphatic carbocycles. The van der Waals surface area contributed by atoms with Crippen LogP contribution in [-0.4, -0.2) is 0 Å². The van der Waals surface area contributed by atoms with E-state index in [1.54, 1.807) is 0 Å². The Balaban J connectivity index is 1.26. The first-order valence-corrected chi connectivity index (χ1v) is 15.9. The Kier molecular flexibility index (Phi) is 5.57. The van der Waals surface area contributed by atoms with Gasteiger partial charge >= 0.3 is 0 Å². The summed E-state index contributed by atoms with van der Waals surface area (Å²) in [5.41, 5.74) is 8.79. The maximum atomic E-state index is 6.94. The fraction of sp³-hybridized carbons (Fsp3) is 0. The number of rotatable bonds is 4. The molecule has 0 spiro atoms. The molecule has 220 valence electrons.